The predicted molar refractivity (Wildman–Crippen MR) is 134 cm³/mol. The van der Waals surface area contributed by atoms with Gasteiger partial charge in [-0.3, -0.25) is 14.8 Å². The van der Waals surface area contributed by atoms with Crippen molar-refractivity contribution in [2.75, 3.05) is 13.1 Å². The fourth-order valence-electron chi connectivity index (χ4n) is 5.59. The Morgan fingerprint density at radius 2 is 1.69 bits per heavy atom. The third-order valence-electron chi connectivity index (χ3n) is 7.85. The lowest BCUT2D eigenvalue weighted by atomic mass is 9.75. The second-order valence-electron chi connectivity index (χ2n) is 12.5. The van der Waals surface area contributed by atoms with Crippen molar-refractivity contribution in [3.05, 3.63) is 53.3 Å². The number of halogens is 3. The zero-order valence-electron chi connectivity index (χ0n) is 22.2. The first-order chi connectivity index (χ1) is 16.6. The van der Waals surface area contributed by atoms with E-state index in [0.717, 1.165) is 37.7 Å². The standard InChI is InChI=1S/C28H39F3N4O/c1-26(2,3)19-10-13-34(14-11-19)25(36)23-17-21(22-12-15-35(33-22)27(4,5)6)24(32-23)18-8-7-9-20(16-18)28(29,30)31/h7-9,12,15-16,19,21,23-24,32H,10-11,13-14,17H2,1-6H3/t21?,23-,24-/m0/s1. The summed E-state index contributed by atoms with van der Waals surface area (Å²) in [4.78, 5) is 15.5. The van der Waals surface area contributed by atoms with Gasteiger partial charge in [-0.25, -0.2) is 0 Å². The van der Waals surface area contributed by atoms with Gasteiger partial charge in [-0.2, -0.15) is 18.3 Å². The van der Waals surface area contributed by atoms with E-state index in [1.165, 1.54) is 12.1 Å². The van der Waals surface area contributed by atoms with E-state index in [0.29, 0.717) is 17.9 Å². The van der Waals surface area contributed by atoms with Crippen LogP contribution in [-0.2, 0) is 16.5 Å². The summed E-state index contributed by atoms with van der Waals surface area (Å²) in [5.41, 5.74) is 0.637. The van der Waals surface area contributed by atoms with Crippen molar-refractivity contribution in [2.45, 2.75) is 90.5 Å². The van der Waals surface area contributed by atoms with E-state index in [4.69, 9.17) is 5.10 Å². The van der Waals surface area contributed by atoms with Crippen LogP contribution in [0.1, 0.15) is 89.6 Å². The van der Waals surface area contributed by atoms with Gasteiger partial charge < -0.3 is 4.90 Å². The number of hydrogen-bond donors (Lipinski definition) is 1. The Morgan fingerprint density at radius 1 is 1.03 bits per heavy atom. The SMILES string of the molecule is CC(C)(C)C1CCN(C(=O)[C@@H]2CC(c3ccn(C(C)(C)C)n3)[C@H](c3cccc(C(F)(F)F)c3)N2)CC1. The van der Waals surface area contributed by atoms with Crippen molar-refractivity contribution >= 4 is 5.91 Å². The van der Waals surface area contributed by atoms with Crippen molar-refractivity contribution in [1.82, 2.24) is 20.0 Å². The maximum atomic E-state index is 13.6. The summed E-state index contributed by atoms with van der Waals surface area (Å²) in [6.45, 7) is 14.3. The van der Waals surface area contributed by atoms with Crippen LogP contribution < -0.4 is 5.32 Å². The molecule has 2 aliphatic heterocycles. The minimum absolute atomic E-state index is 0.0390. The minimum Gasteiger partial charge on any atom is -0.341 e. The number of benzene rings is 1. The van der Waals surface area contributed by atoms with Gasteiger partial charge in [0.2, 0.25) is 5.91 Å². The highest BCUT2D eigenvalue weighted by Gasteiger charge is 2.43. The number of alkyl halides is 3. The molecular formula is C28H39F3N4O. The van der Waals surface area contributed by atoms with Gasteiger partial charge in [-0.1, -0.05) is 32.9 Å². The van der Waals surface area contributed by atoms with Gasteiger partial charge in [-0.15, -0.1) is 0 Å². The summed E-state index contributed by atoms with van der Waals surface area (Å²) in [5, 5.41) is 8.20. The van der Waals surface area contributed by atoms with E-state index < -0.39 is 23.8 Å². The zero-order chi connectivity index (χ0) is 26.5. The number of hydrogen-bond acceptors (Lipinski definition) is 3. The average molecular weight is 505 g/mol. The van der Waals surface area contributed by atoms with Crippen LogP contribution in [0, 0.1) is 11.3 Å². The summed E-state index contributed by atoms with van der Waals surface area (Å²) < 4.78 is 42.3. The second-order valence-corrected chi connectivity index (χ2v) is 12.5. The Balaban J connectivity index is 1.60. The molecule has 2 aromatic rings. The largest absolute Gasteiger partial charge is 0.416 e. The average Bonchev–Trinajstić information content (AvgIpc) is 3.45. The molecule has 0 bridgehead atoms. The van der Waals surface area contributed by atoms with Gasteiger partial charge in [0.05, 0.1) is 22.8 Å². The van der Waals surface area contributed by atoms with Crippen LogP contribution in [0.4, 0.5) is 13.2 Å². The lowest BCUT2D eigenvalue weighted by Crippen LogP contribution is -2.48. The number of carbonyl (C=O) groups is 1. The number of nitrogens with one attached hydrogen (secondary N) is 1. The molecule has 8 heteroatoms. The van der Waals surface area contributed by atoms with Crippen LogP contribution in [0.2, 0.25) is 0 Å². The normalized spacial score (nSPS) is 24.4. The summed E-state index contributed by atoms with van der Waals surface area (Å²) in [6.07, 6.45) is -0.0769. The molecule has 3 heterocycles. The third kappa shape index (κ3) is 5.63. The van der Waals surface area contributed by atoms with Crippen molar-refractivity contribution in [1.29, 1.82) is 0 Å². The Morgan fingerprint density at radius 3 is 2.25 bits per heavy atom. The fraction of sp³-hybridized carbons (Fsp3) is 0.643. The van der Waals surface area contributed by atoms with E-state index in [-0.39, 0.29) is 22.8 Å². The molecule has 1 unspecified atom stereocenters. The molecular weight excluding hydrogens is 465 g/mol. The molecule has 5 nitrogen and oxygen atoms in total. The van der Waals surface area contributed by atoms with Crippen molar-refractivity contribution in [2.24, 2.45) is 11.3 Å². The fourth-order valence-corrected chi connectivity index (χ4v) is 5.59. The number of likely N-dealkylation sites (tertiary alicyclic amines) is 1. The number of rotatable bonds is 3. The van der Waals surface area contributed by atoms with E-state index >= 15 is 0 Å². The van der Waals surface area contributed by atoms with Crippen LogP contribution in [-0.4, -0.2) is 39.7 Å². The highest BCUT2D eigenvalue weighted by atomic mass is 19.4. The Kier molecular flexibility index (Phi) is 7.05. The zero-order valence-corrected chi connectivity index (χ0v) is 22.2. The highest BCUT2D eigenvalue weighted by molar-refractivity contribution is 5.82. The van der Waals surface area contributed by atoms with Crippen LogP contribution in [0.15, 0.2) is 36.5 Å². The van der Waals surface area contributed by atoms with Crippen molar-refractivity contribution in [3.63, 3.8) is 0 Å². The summed E-state index contributed by atoms with van der Waals surface area (Å²) in [7, 11) is 0. The summed E-state index contributed by atoms with van der Waals surface area (Å²) in [5.74, 6) is 0.403. The molecule has 0 radical (unpaired) electrons. The Hall–Kier alpha value is -2.35. The molecule has 198 valence electrons. The monoisotopic (exact) mass is 504 g/mol. The molecule has 3 atom stereocenters. The second kappa shape index (κ2) is 9.51. The third-order valence-corrected chi connectivity index (χ3v) is 7.85. The van der Waals surface area contributed by atoms with Gasteiger partial charge in [0, 0.05) is 31.2 Å². The molecule has 0 saturated carbocycles. The molecule has 1 aromatic heterocycles. The molecule has 0 spiro atoms. The number of carbonyl (C=O) groups excluding carboxylic acids is 1. The van der Waals surface area contributed by atoms with Crippen LogP contribution >= 0.6 is 0 Å². The summed E-state index contributed by atoms with van der Waals surface area (Å²) >= 11 is 0. The Bertz CT molecular complexity index is 1070. The maximum absolute atomic E-state index is 13.6. The lowest BCUT2D eigenvalue weighted by Gasteiger charge is -2.39. The molecule has 1 N–H and O–H groups in total. The van der Waals surface area contributed by atoms with Gasteiger partial charge in [-0.05, 0) is 75.1 Å². The van der Waals surface area contributed by atoms with Gasteiger partial charge in [0.25, 0.3) is 0 Å². The maximum Gasteiger partial charge on any atom is 0.416 e. The molecule has 2 aliphatic rings. The van der Waals surface area contributed by atoms with Gasteiger partial charge in [0.1, 0.15) is 0 Å². The predicted octanol–water partition coefficient (Wildman–Crippen LogP) is 6.13. The number of amides is 1. The van der Waals surface area contributed by atoms with Crippen LogP contribution in [0.25, 0.3) is 0 Å². The number of nitrogens with zero attached hydrogens (tertiary/aromatic N) is 3. The topological polar surface area (TPSA) is 50.2 Å². The van der Waals surface area contributed by atoms with E-state index in [9.17, 15) is 18.0 Å². The lowest BCUT2D eigenvalue weighted by molar-refractivity contribution is -0.138. The van der Waals surface area contributed by atoms with Gasteiger partial charge >= 0.3 is 6.18 Å². The highest BCUT2D eigenvalue weighted by Crippen LogP contribution is 2.42. The first kappa shape index (κ1) is 26.7. The Labute approximate surface area is 212 Å². The molecule has 4 rings (SSSR count). The molecule has 0 aliphatic carbocycles. The summed E-state index contributed by atoms with van der Waals surface area (Å²) in [6, 6.07) is 6.48. The molecule has 1 amide bonds. The molecule has 2 fully saturated rings. The van der Waals surface area contributed by atoms with Gasteiger partial charge in [0.15, 0.2) is 0 Å². The van der Waals surface area contributed by atoms with E-state index in [2.05, 4.69) is 46.9 Å². The molecule has 36 heavy (non-hydrogen) atoms. The smallest absolute Gasteiger partial charge is 0.341 e. The molecule has 2 saturated heterocycles. The van der Waals surface area contributed by atoms with E-state index in [1.807, 2.05) is 21.8 Å². The number of aromatic nitrogens is 2. The molecule has 1 aromatic carbocycles. The minimum atomic E-state index is -4.43. The van der Waals surface area contributed by atoms with Crippen molar-refractivity contribution < 1.29 is 18.0 Å². The number of piperidine rings is 1. The van der Waals surface area contributed by atoms with Crippen LogP contribution in [0.5, 0.6) is 0 Å². The van der Waals surface area contributed by atoms with E-state index in [1.54, 1.807) is 6.07 Å². The van der Waals surface area contributed by atoms with Crippen molar-refractivity contribution in [3.8, 4) is 0 Å². The first-order valence-corrected chi connectivity index (χ1v) is 12.9. The van der Waals surface area contributed by atoms with Crippen LogP contribution in [0.3, 0.4) is 0 Å². The first-order valence-electron chi connectivity index (χ1n) is 12.9. The quantitative estimate of drug-likeness (QED) is 0.547.